The second-order valence-corrected chi connectivity index (χ2v) is 5.22. The van der Waals surface area contributed by atoms with Crippen LogP contribution in [0, 0.1) is 0 Å². The van der Waals surface area contributed by atoms with Crippen molar-refractivity contribution in [2.24, 2.45) is 0 Å². The highest BCUT2D eigenvalue weighted by molar-refractivity contribution is 5.78. The van der Waals surface area contributed by atoms with Crippen LogP contribution in [0.1, 0.15) is 27.7 Å². The smallest absolute Gasteiger partial charge is 0.234 e. The van der Waals surface area contributed by atoms with Crippen LogP contribution in [0.5, 0.6) is 0 Å². The molecule has 2 N–H and O–H groups in total. The molecule has 0 fully saturated rings. The van der Waals surface area contributed by atoms with Gasteiger partial charge in [-0.05, 0) is 41.8 Å². The fraction of sp³-hybridized carbons (Fsp3) is 0.909. The number of nitrogens with zero attached hydrogens (tertiary/aromatic N) is 1. The molecule has 0 saturated heterocycles. The Labute approximate surface area is 93.4 Å². The Morgan fingerprint density at radius 1 is 1.33 bits per heavy atom. The van der Waals surface area contributed by atoms with Crippen LogP contribution < -0.4 is 10.6 Å². The monoisotopic (exact) mass is 215 g/mol. The molecular weight excluding hydrogens is 190 g/mol. The molecule has 0 aliphatic heterocycles. The maximum Gasteiger partial charge on any atom is 0.234 e. The van der Waals surface area contributed by atoms with Gasteiger partial charge in [-0.15, -0.1) is 0 Å². The highest BCUT2D eigenvalue weighted by atomic mass is 16.1. The number of likely N-dealkylation sites (N-methyl/N-ethyl adjacent to an activating group) is 1. The quantitative estimate of drug-likeness (QED) is 0.699. The zero-order chi connectivity index (χ0) is 12.1. The van der Waals surface area contributed by atoms with Gasteiger partial charge in [0.25, 0.3) is 0 Å². The largest absolute Gasteiger partial charge is 0.353 e. The predicted molar refractivity (Wildman–Crippen MR) is 63.9 cm³/mol. The van der Waals surface area contributed by atoms with Crippen molar-refractivity contribution in [1.82, 2.24) is 15.5 Å². The van der Waals surface area contributed by atoms with Gasteiger partial charge in [-0.3, -0.25) is 4.79 Å². The normalized spacial score (nSPS) is 14.1. The van der Waals surface area contributed by atoms with Crippen LogP contribution in [0.3, 0.4) is 0 Å². The lowest BCUT2D eigenvalue weighted by atomic mass is 10.1. The Morgan fingerprint density at radius 3 is 2.27 bits per heavy atom. The Kier molecular flexibility index (Phi) is 5.83. The van der Waals surface area contributed by atoms with Gasteiger partial charge in [0, 0.05) is 18.1 Å². The maximum atomic E-state index is 11.4. The standard InChI is InChI=1S/C11H25N3O/c1-9(14(5)6)7-12-10(15)8-13-11(2,3)4/h9,13H,7-8H2,1-6H3,(H,12,15). The first-order valence-electron chi connectivity index (χ1n) is 5.40. The van der Waals surface area contributed by atoms with Gasteiger partial charge in [-0.2, -0.15) is 0 Å². The SMILES string of the molecule is CC(CNC(=O)CNC(C)(C)C)N(C)C. The lowest BCUT2D eigenvalue weighted by Crippen LogP contribution is -2.46. The molecule has 1 atom stereocenters. The summed E-state index contributed by atoms with van der Waals surface area (Å²) in [6, 6.07) is 0.364. The summed E-state index contributed by atoms with van der Waals surface area (Å²) in [5, 5.41) is 6.04. The van der Waals surface area contributed by atoms with E-state index in [2.05, 4.69) is 22.5 Å². The Bertz CT molecular complexity index is 196. The third-order valence-electron chi connectivity index (χ3n) is 2.26. The van der Waals surface area contributed by atoms with Crippen LogP contribution in [0.15, 0.2) is 0 Å². The molecule has 4 nitrogen and oxygen atoms in total. The van der Waals surface area contributed by atoms with Crippen LogP contribution in [-0.2, 0) is 4.79 Å². The summed E-state index contributed by atoms with van der Waals surface area (Å²) in [5.74, 6) is 0.0543. The van der Waals surface area contributed by atoms with E-state index in [1.54, 1.807) is 0 Å². The Morgan fingerprint density at radius 2 is 1.87 bits per heavy atom. The number of amides is 1. The third kappa shape index (κ3) is 8.39. The third-order valence-corrected chi connectivity index (χ3v) is 2.26. The van der Waals surface area contributed by atoms with Crippen molar-refractivity contribution < 1.29 is 4.79 Å². The summed E-state index contributed by atoms with van der Waals surface area (Å²) >= 11 is 0. The molecule has 1 amide bonds. The molecule has 15 heavy (non-hydrogen) atoms. The Balaban J connectivity index is 3.67. The molecule has 4 heteroatoms. The van der Waals surface area contributed by atoms with E-state index in [1.165, 1.54) is 0 Å². The van der Waals surface area contributed by atoms with E-state index in [1.807, 2.05) is 34.9 Å². The van der Waals surface area contributed by atoms with Crippen molar-refractivity contribution >= 4 is 5.91 Å². The minimum atomic E-state index is -0.00942. The summed E-state index contributed by atoms with van der Waals surface area (Å²) in [4.78, 5) is 13.5. The predicted octanol–water partition coefficient (Wildman–Crippen LogP) is 0.441. The second kappa shape index (κ2) is 6.08. The van der Waals surface area contributed by atoms with Crippen LogP contribution in [0.4, 0.5) is 0 Å². The van der Waals surface area contributed by atoms with Gasteiger partial charge < -0.3 is 15.5 Å². The molecule has 0 aromatic carbocycles. The fourth-order valence-corrected chi connectivity index (χ4v) is 0.852. The summed E-state index contributed by atoms with van der Waals surface area (Å²) in [7, 11) is 4.01. The van der Waals surface area contributed by atoms with E-state index >= 15 is 0 Å². The fourth-order valence-electron chi connectivity index (χ4n) is 0.852. The van der Waals surface area contributed by atoms with E-state index in [9.17, 15) is 4.79 Å². The average molecular weight is 215 g/mol. The molecule has 0 heterocycles. The highest BCUT2D eigenvalue weighted by Crippen LogP contribution is 1.96. The molecule has 0 aromatic heterocycles. The van der Waals surface area contributed by atoms with Crippen molar-refractivity contribution in [2.45, 2.75) is 39.3 Å². The Hall–Kier alpha value is -0.610. The zero-order valence-corrected chi connectivity index (χ0v) is 10.8. The van der Waals surface area contributed by atoms with Crippen molar-refractivity contribution in [2.75, 3.05) is 27.2 Å². The van der Waals surface area contributed by atoms with E-state index in [0.29, 0.717) is 19.1 Å². The highest BCUT2D eigenvalue weighted by Gasteiger charge is 2.12. The summed E-state index contributed by atoms with van der Waals surface area (Å²) < 4.78 is 0. The first-order valence-corrected chi connectivity index (χ1v) is 5.40. The van der Waals surface area contributed by atoms with Gasteiger partial charge in [0.1, 0.15) is 0 Å². The second-order valence-electron chi connectivity index (χ2n) is 5.22. The number of hydrogen-bond donors (Lipinski definition) is 2. The minimum Gasteiger partial charge on any atom is -0.353 e. The molecule has 0 aromatic rings. The summed E-state index contributed by atoms with van der Waals surface area (Å²) in [5.41, 5.74) is -0.00942. The number of hydrogen-bond acceptors (Lipinski definition) is 3. The first kappa shape index (κ1) is 14.4. The average Bonchev–Trinajstić information content (AvgIpc) is 2.09. The molecule has 0 aliphatic rings. The number of carbonyl (C=O) groups excluding carboxylic acids is 1. The van der Waals surface area contributed by atoms with Crippen molar-refractivity contribution in [3.63, 3.8) is 0 Å². The van der Waals surface area contributed by atoms with Crippen LogP contribution >= 0.6 is 0 Å². The molecule has 1 unspecified atom stereocenters. The molecule has 90 valence electrons. The molecular formula is C11H25N3O. The summed E-state index contributed by atoms with van der Waals surface area (Å²) in [6.45, 7) is 9.28. The van der Waals surface area contributed by atoms with Crippen LogP contribution in [0.25, 0.3) is 0 Å². The molecule has 0 saturated carbocycles. The van der Waals surface area contributed by atoms with E-state index in [-0.39, 0.29) is 11.4 Å². The number of nitrogens with one attached hydrogen (secondary N) is 2. The molecule has 0 rings (SSSR count). The van der Waals surface area contributed by atoms with Crippen molar-refractivity contribution in [3.05, 3.63) is 0 Å². The lowest BCUT2D eigenvalue weighted by Gasteiger charge is -2.22. The van der Waals surface area contributed by atoms with Crippen LogP contribution in [-0.4, -0.2) is 49.6 Å². The van der Waals surface area contributed by atoms with Gasteiger partial charge in [-0.1, -0.05) is 0 Å². The van der Waals surface area contributed by atoms with E-state index in [4.69, 9.17) is 0 Å². The van der Waals surface area contributed by atoms with Gasteiger partial charge in [-0.25, -0.2) is 0 Å². The molecule has 0 aliphatic carbocycles. The van der Waals surface area contributed by atoms with Crippen molar-refractivity contribution in [1.29, 1.82) is 0 Å². The van der Waals surface area contributed by atoms with E-state index in [0.717, 1.165) is 0 Å². The topological polar surface area (TPSA) is 44.4 Å². The van der Waals surface area contributed by atoms with Gasteiger partial charge in [0.15, 0.2) is 0 Å². The molecule has 0 bridgehead atoms. The zero-order valence-electron chi connectivity index (χ0n) is 10.8. The minimum absolute atomic E-state index is 0.00942. The van der Waals surface area contributed by atoms with Gasteiger partial charge in [0.2, 0.25) is 5.91 Å². The maximum absolute atomic E-state index is 11.4. The first-order chi connectivity index (χ1) is 6.72. The summed E-state index contributed by atoms with van der Waals surface area (Å²) in [6.07, 6.45) is 0. The van der Waals surface area contributed by atoms with Gasteiger partial charge in [0.05, 0.1) is 6.54 Å². The van der Waals surface area contributed by atoms with Gasteiger partial charge >= 0.3 is 0 Å². The van der Waals surface area contributed by atoms with Crippen LogP contribution in [0.2, 0.25) is 0 Å². The molecule has 0 radical (unpaired) electrons. The number of rotatable bonds is 5. The number of carbonyl (C=O) groups is 1. The van der Waals surface area contributed by atoms with E-state index < -0.39 is 0 Å². The molecule has 0 spiro atoms. The lowest BCUT2D eigenvalue weighted by molar-refractivity contribution is -0.120. The van der Waals surface area contributed by atoms with Crippen molar-refractivity contribution in [3.8, 4) is 0 Å².